The van der Waals surface area contributed by atoms with Crippen molar-refractivity contribution in [1.82, 2.24) is 14.3 Å². The number of nitrogens with zero attached hydrogens (tertiary/aromatic N) is 2. The van der Waals surface area contributed by atoms with Crippen LogP contribution in [0.1, 0.15) is 26.6 Å². The maximum atomic E-state index is 12.4. The number of primary amides is 1. The summed E-state index contributed by atoms with van der Waals surface area (Å²) in [6.45, 7) is 5.50. The number of nitrogens with one attached hydrogen (secondary N) is 1. The van der Waals surface area contributed by atoms with Crippen molar-refractivity contribution >= 4 is 15.9 Å². The highest BCUT2D eigenvalue weighted by atomic mass is 32.2. The van der Waals surface area contributed by atoms with E-state index in [0.717, 1.165) is 4.31 Å². The van der Waals surface area contributed by atoms with Crippen molar-refractivity contribution in [3.05, 3.63) is 12.0 Å². The summed E-state index contributed by atoms with van der Waals surface area (Å²) in [4.78, 5) is 17.7. The molecule has 8 heteroatoms. The summed E-state index contributed by atoms with van der Waals surface area (Å²) in [7, 11) is -3.77. The van der Waals surface area contributed by atoms with Gasteiger partial charge in [0.2, 0.25) is 5.91 Å². The van der Waals surface area contributed by atoms with Crippen LogP contribution in [0.3, 0.4) is 0 Å². The second-order valence-corrected chi connectivity index (χ2v) is 6.61. The molecule has 1 aromatic heterocycles. The van der Waals surface area contributed by atoms with Crippen molar-refractivity contribution in [3.63, 3.8) is 0 Å². The highest BCUT2D eigenvalue weighted by Gasteiger charge is 2.28. The molecule has 3 N–H and O–H groups in total. The number of nitrogens with two attached hydrogens (primary N) is 1. The summed E-state index contributed by atoms with van der Waals surface area (Å²) in [5.74, 6) is -0.00991. The fraction of sp³-hybridized carbons (Fsp3) is 0.636. The number of hydrogen-bond acceptors (Lipinski definition) is 4. The smallest absolute Gasteiger partial charge is 0.260 e. The third kappa shape index (κ3) is 4.03. The summed E-state index contributed by atoms with van der Waals surface area (Å²) in [5, 5.41) is -0.00810. The lowest BCUT2D eigenvalue weighted by atomic mass is 10.2. The zero-order valence-corrected chi connectivity index (χ0v) is 12.2. The lowest BCUT2D eigenvalue weighted by Gasteiger charge is -2.21. The van der Waals surface area contributed by atoms with Crippen LogP contribution in [0, 0.1) is 5.92 Å². The molecule has 0 radical (unpaired) electrons. The fourth-order valence-corrected chi connectivity index (χ4v) is 3.12. The number of amides is 1. The van der Waals surface area contributed by atoms with E-state index >= 15 is 0 Å². The predicted octanol–water partition coefficient (Wildman–Crippen LogP) is 0.104. The molecule has 0 aliphatic carbocycles. The molecule has 0 aromatic carbocycles. The minimum absolute atomic E-state index is 0.00810. The zero-order valence-electron chi connectivity index (χ0n) is 11.4. The number of rotatable bonds is 7. The van der Waals surface area contributed by atoms with Gasteiger partial charge in [0.1, 0.15) is 5.82 Å². The third-order valence-corrected chi connectivity index (χ3v) is 4.18. The number of aromatic nitrogens is 2. The van der Waals surface area contributed by atoms with Crippen molar-refractivity contribution in [3.8, 4) is 0 Å². The lowest BCUT2D eigenvalue weighted by molar-refractivity contribution is -0.118. The summed E-state index contributed by atoms with van der Waals surface area (Å²) in [6.07, 6.45) is 1.87. The Labute approximate surface area is 113 Å². The van der Waals surface area contributed by atoms with Gasteiger partial charge in [-0.05, 0) is 5.92 Å². The molecule has 108 valence electrons. The van der Waals surface area contributed by atoms with Crippen LogP contribution in [-0.2, 0) is 21.2 Å². The van der Waals surface area contributed by atoms with E-state index in [0.29, 0.717) is 12.2 Å². The molecule has 1 rings (SSSR count). The molecule has 0 saturated heterocycles. The minimum Gasteiger partial charge on any atom is -0.369 e. The van der Waals surface area contributed by atoms with Crippen LogP contribution in [0.15, 0.2) is 11.2 Å². The zero-order chi connectivity index (χ0) is 14.6. The Morgan fingerprint density at radius 3 is 2.58 bits per heavy atom. The van der Waals surface area contributed by atoms with Crippen molar-refractivity contribution in [2.75, 3.05) is 13.1 Å². The number of hydrogen-bond donors (Lipinski definition) is 2. The number of imidazole rings is 1. The van der Waals surface area contributed by atoms with Gasteiger partial charge in [0.25, 0.3) is 10.0 Å². The maximum absolute atomic E-state index is 12.4. The largest absolute Gasteiger partial charge is 0.369 e. The van der Waals surface area contributed by atoms with E-state index in [2.05, 4.69) is 9.97 Å². The second kappa shape index (κ2) is 6.16. The van der Waals surface area contributed by atoms with Crippen molar-refractivity contribution in [1.29, 1.82) is 0 Å². The van der Waals surface area contributed by atoms with Crippen LogP contribution < -0.4 is 5.73 Å². The van der Waals surface area contributed by atoms with Crippen LogP contribution in [0.5, 0.6) is 0 Å². The number of aryl methyl sites for hydroxylation is 1. The van der Waals surface area contributed by atoms with Gasteiger partial charge in [-0.15, -0.1) is 0 Å². The first-order valence-electron chi connectivity index (χ1n) is 6.09. The molecule has 0 fully saturated rings. The standard InChI is InChI=1S/C11H20N4O3S/c1-4-10-13-5-11(14-10)19(17,18)15(6-8(2)3)7-9(12)16/h5,8H,4,6-7H2,1-3H3,(H2,12,16)(H,13,14). The molecule has 1 amide bonds. The molecule has 1 aromatic rings. The quantitative estimate of drug-likeness (QED) is 0.741. The summed E-state index contributed by atoms with van der Waals surface area (Å²) < 4.78 is 25.8. The van der Waals surface area contributed by atoms with Gasteiger partial charge in [-0.25, -0.2) is 13.4 Å². The normalized spacial score (nSPS) is 12.3. The molecular formula is C11H20N4O3S. The van der Waals surface area contributed by atoms with Crippen LogP contribution in [0.4, 0.5) is 0 Å². The van der Waals surface area contributed by atoms with Crippen LogP contribution in [0.25, 0.3) is 0 Å². The molecule has 0 aliphatic rings. The number of aromatic amines is 1. The van der Waals surface area contributed by atoms with Gasteiger partial charge in [-0.1, -0.05) is 20.8 Å². The van der Waals surface area contributed by atoms with Crippen molar-refractivity contribution in [2.24, 2.45) is 11.7 Å². The highest BCUT2D eigenvalue weighted by molar-refractivity contribution is 7.89. The van der Waals surface area contributed by atoms with E-state index in [4.69, 9.17) is 5.73 Å². The Balaban J connectivity index is 3.07. The van der Waals surface area contributed by atoms with E-state index in [-0.39, 0.29) is 24.0 Å². The molecule has 0 bridgehead atoms. The van der Waals surface area contributed by atoms with E-state index in [1.54, 1.807) is 0 Å². The number of sulfonamides is 1. The Morgan fingerprint density at radius 1 is 1.53 bits per heavy atom. The molecule has 7 nitrogen and oxygen atoms in total. The van der Waals surface area contributed by atoms with Crippen LogP contribution in [-0.4, -0.2) is 41.7 Å². The molecule has 0 unspecified atom stereocenters. The number of carbonyl (C=O) groups excluding carboxylic acids is 1. The van der Waals surface area contributed by atoms with Gasteiger partial charge >= 0.3 is 0 Å². The molecule has 1 heterocycles. The highest BCUT2D eigenvalue weighted by Crippen LogP contribution is 2.15. The Kier molecular flexibility index (Phi) is 5.07. The first-order chi connectivity index (χ1) is 8.77. The van der Waals surface area contributed by atoms with Gasteiger partial charge in [0, 0.05) is 13.0 Å². The van der Waals surface area contributed by atoms with Crippen molar-refractivity contribution in [2.45, 2.75) is 32.2 Å². The summed E-state index contributed by atoms with van der Waals surface area (Å²) >= 11 is 0. The Bertz CT molecular complexity index is 536. The molecule has 0 spiro atoms. The Morgan fingerprint density at radius 2 is 2.16 bits per heavy atom. The number of H-pyrrole nitrogens is 1. The van der Waals surface area contributed by atoms with Crippen molar-refractivity contribution < 1.29 is 13.2 Å². The van der Waals surface area contributed by atoms with Gasteiger partial charge in [0.15, 0.2) is 5.03 Å². The van der Waals surface area contributed by atoms with E-state index in [1.807, 2.05) is 20.8 Å². The van der Waals surface area contributed by atoms with E-state index < -0.39 is 15.9 Å². The van der Waals surface area contributed by atoms with Crippen LogP contribution in [0.2, 0.25) is 0 Å². The van der Waals surface area contributed by atoms with Gasteiger partial charge in [-0.2, -0.15) is 4.31 Å². The van der Waals surface area contributed by atoms with Gasteiger partial charge in [0.05, 0.1) is 12.7 Å². The van der Waals surface area contributed by atoms with E-state index in [9.17, 15) is 13.2 Å². The second-order valence-electron chi connectivity index (χ2n) is 4.71. The summed E-state index contributed by atoms with van der Waals surface area (Å²) in [6, 6.07) is 0. The SMILES string of the molecule is CCc1ncc(S(=O)(=O)N(CC(N)=O)CC(C)C)[nH]1. The topological polar surface area (TPSA) is 109 Å². The molecule has 0 saturated carbocycles. The number of carbonyl (C=O) groups is 1. The van der Waals surface area contributed by atoms with Gasteiger partial charge < -0.3 is 10.7 Å². The fourth-order valence-electron chi connectivity index (χ4n) is 1.62. The lowest BCUT2D eigenvalue weighted by Crippen LogP contribution is -2.40. The Hall–Kier alpha value is -1.41. The molecule has 19 heavy (non-hydrogen) atoms. The molecular weight excluding hydrogens is 268 g/mol. The predicted molar refractivity (Wildman–Crippen MR) is 70.8 cm³/mol. The first-order valence-corrected chi connectivity index (χ1v) is 7.53. The average Bonchev–Trinajstić information content (AvgIpc) is 2.75. The maximum Gasteiger partial charge on any atom is 0.260 e. The third-order valence-electron chi connectivity index (χ3n) is 2.46. The monoisotopic (exact) mass is 288 g/mol. The average molecular weight is 288 g/mol. The van der Waals surface area contributed by atoms with Crippen LogP contribution >= 0.6 is 0 Å². The molecule has 0 atom stereocenters. The molecule has 0 aliphatic heterocycles. The minimum atomic E-state index is -3.77. The summed E-state index contributed by atoms with van der Waals surface area (Å²) in [5.41, 5.74) is 5.10. The van der Waals surface area contributed by atoms with Gasteiger partial charge in [-0.3, -0.25) is 4.79 Å². The first kappa shape index (κ1) is 15.6. The van der Waals surface area contributed by atoms with E-state index in [1.165, 1.54) is 6.20 Å².